The molecule has 0 saturated heterocycles. The number of carbonyl (C=O) groups is 1. The van der Waals surface area contributed by atoms with Gasteiger partial charge in [-0.3, -0.25) is 4.79 Å². The number of carbonyl (C=O) groups excluding carboxylic acids is 1. The monoisotopic (exact) mass is 425 g/mol. The van der Waals surface area contributed by atoms with E-state index in [1.54, 1.807) is 24.4 Å². The van der Waals surface area contributed by atoms with Crippen LogP contribution in [-0.4, -0.2) is 40.4 Å². The molecule has 9 nitrogen and oxygen atoms in total. The number of nitrogens with zero attached hydrogens (tertiary/aromatic N) is 3. The number of rotatable bonds is 9. The molecule has 0 bridgehead atoms. The van der Waals surface area contributed by atoms with Crippen molar-refractivity contribution < 1.29 is 19.0 Å². The number of nitrogen functional groups attached to an aromatic ring is 1. The zero-order valence-corrected chi connectivity index (χ0v) is 17.8. The highest BCUT2D eigenvalue weighted by atomic mass is 16.7. The minimum absolute atomic E-state index is 0.127. The fourth-order valence-corrected chi connectivity index (χ4v) is 3.65. The highest BCUT2D eigenvalue weighted by Gasteiger charge is 2.17. The molecule has 1 amide bonds. The van der Waals surface area contributed by atoms with Crippen molar-refractivity contribution in [2.24, 2.45) is 0 Å². The third-order valence-corrected chi connectivity index (χ3v) is 5.22. The molecule has 31 heavy (non-hydrogen) atoms. The van der Waals surface area contributed by atoms with Gasteiger partial charge in [-0.2, -0.15) is 0 Å². The Bertz CT molecular complexity index is 1100. The maximum absolute atomic E-state index is 12.4. The number of fused-ring (bicyclic) bond motifs is 2. The summed E-state index contributed by atoms with van der Waals surface area (Å²) in [6, 6.07) is 5.20. The van der Waals surface area contributed by atoms with E-state index in [1.165, 1.54) is 0 Å². The van der Waals surface area contributed by atoms with Gasteiger partial charge in [-0.05, 0) is 50.5 Å². The van der Waals surface area contributed by atoms with Crippen LogP contribution in [0.5, 0.6) is 11.5 Å². The van der Waals surface area contributed by atoms with Crippen molar-refractivity contribution in [1.82, 2.24) is 19.9 Å². The molecule has 1 aliphatic heterocycles. The van der Waals surface area contributed by atoms with Gasteiger partial charge in [-0.25, -0.2) is 9.97 Å². The molecule has 0 spiro atoms. The summed E-state index contributed by atoms with van der Waals surface area (Å²) in [7, 11) is 0. The largest absolute Gasteiger partial charge is 0.454 e. The minimum Gasteiger partial charge on any atom is -0.454 e. The molecular weight excluding hydrogens is 398 g/mol. The standard InChI is InChI=1S/C22H27N5O4/c1-3-29-12-18-26-19-20(14(2)11-25-21(19)23)27(18)9-5-4-8-24-22(28)15-6-7-16-17(10-15)31-13-30-16/h6-7,10-11H,3-5,8-9,12-13H2,1-2H3,(H2,23,25)(H,24,28). The van der Waals surface area contributed by atoms with Crippen LogP contribution in [0.15, 0.2) is 24.4 Å². The molecular formula is C22H27N5O4. The summed E-state index contributed by atoms with van der Waals surface area (Å²) in [5.41, 5.74) is 9.33. The topological polar surface area (TPSA) is 114 Å². The normalized spacial score (nSPS) is 12.5. The van der Waals surface area contributed by atoms with Crippen molar-refractivity contribution in [3.05, 3.63) is 41.3 Å². The summed E-state index contributed by atoms with van der Waals surface area (Å²) in [5, 5.41) is 2.96. The van der Waals surface area contributed by atoms with E-state index in [4.69, 9.17) is 19.9 Å². The minimum atomic E-state index is -0.127. The molecule has 0 radical (unpaired) electrons. The molecule has 4 rings (SSSR count). The van der Waals surface area contributed by atoms with Crippen molar-refractivity contribution in [2.75, 3.05) is 25.7 Å². The molecule has 0 unspecified atom stereocenters. The Morgan fingerprint density at radius 2 is 2.13 bits per heavy atom. The molecule has 1 aliphatic rings. The molecule has 9 heteroatoms. The Morgan fingerprint density at radius 1 is 1.29 bits per heavy atom. The average Bonchev–Trinajstić information content (AvgIpc) is 3.39. The van der Waals surface area contributed by atoms with Gasteiger partial charge in [0.05, 0.1) is 5.52 Å². The molecule has 0 fully saturated rings. The molecule has 3 heterocycles. The lowest BCUT2D eigenvalue weighted by molar-refractivity contribution is 0.0952. The van der Waals surface area contributed by atoms with Crippen molar-refractivity contribution in [1.29, 1.82) is 0 Å². The highest BCUT2D eigenvalue weighted by molar-refractivity contribution is 5.94. The van der Waals surface area contributed by atoms with Crippen LogP contribution >= 0.6 is 0 Å². The lowest BCUT2D eigenvalue weighted by atomic mass is 10.2. The molecule has 3 N–H and O–H groups in total. The van der Waals surface area contributed by atoms with Crippen LogP contribution < -0.4 is 20.5 Å². The van der Waals surface area contributed by atoms with E-state index in [9.17, 15) is 4.79 Å². The number of benzene rings is 1. The average molecular weight is 425 g/mol. The summed E-state index contributed by atoms with van der Waals surface area (Å²) in [6.07, 6.45) is 3.46. The molecule has 0 atom stereocenters. The second-order valence-electron chi connectivity index (χ2n) is 7.37. The number of pyridine rings is 1. The zero-order chi connectivity index (χ0) is 21.8. The maximum Gasteiger partial charge on any atom is 0.251 e. The van der Waals surface area contributed by atoms with Crippen LogP contribution in [0.1, 0.15) is 41.5 Å². The third kappa shape index (κ3) is 4.41. The molecule has 0 saturated carbocycles. The fraction of sp³-hybridized carbons (Fsp3) is 0.409. The van der Waals surface area contributed by atoms with Gasteiger partial charge >= 0.3 is 0 Å². The Kier molecular flexibility index (Phi) is 6.22. The zero-order valence-electron chi connectivity index (χ0n) is 17.8. The number of unbranched alkanes of at least 4 members (excludes halogenated alkanes) is 1. The van der Waals surface area contributed by atoms with E-state index in [0.29, 0.717) is 48.2 Å². The van der Waals surface area contributed by atoms with Crippen molar-refractivity contribution >= 4 is 22.8 Å². The van der Waals surface area contributed by atoms with Gasteiger partial charge < -0.3 is 29.8 Å². The number of nitrogens with one attached hydrogen (secondary N) is 1. The highest BCUT2D eigenvalue weighted by Crippen LogP contribution is 2.32. The third-order valence-electron chi connectivity index (χ3n) is 5.22. The lowest BCUT2D eigenvalue weighted by Gasteiger charge is -2.11. The predicted molar refractivity (Wildman–Crippen MR) is 116 cm³/mol. The van der Waals surface area contributed by atoms with Crippen molar-refractivity contribution in [3.63, 3.8) is 0 Å². The van der Waals surface area contributed by atoms with E-state index in [-0.39, 0.29) is 12.7 Å². The SMILES string of the molecule is CCOCc1nc2c(N)ncc(C)c2n1CCCCNC(=O)c1ccc2c(c1)OCO2. The Hall–Kier alpha value is -3.33. The molecule has 1 aromatic carbocycles. The number of nitrogens with two attached hydrogens (primary N) is 1. The number of anilines is 1. The number of amides is 1. The summed E-state index contributed by atoms with van der Waals surface area (Å²) in [6.45, 7) is 6.51. The Balaban J connectivity index is 1.36. The lowest BCUT2D eigenvalue weighted by Crippen LogP contribution is -2.24. The summed E-state index contributed by atoms with van der Waals surface area (Å²) in [4.78, 5) is 21.3. The number of hydrogen-bond acceptors (Lipinski definition) is 7. The number of hydrogen-bond donors (Lipinski definition) is 2. The fourth-order valence-electron chi connectivity index (χ4n) is 3.65. The Morgan fingerprint density at radius 3 is 2.97 bits per heavy atom. The van der Waals surface area contributed by atoms with Crippen LogP contribution in [0.3, 0.4) is 0 Å². The molecule has 3 aromatic rings. The van der Waals surface area contributed by atoms with Gasteiger partial charge in [0.25, 0.3) is 5.91 Å². The predicted octanol–water partition coefficient (Wildman–Crippen LogP) is 2.80. The van der Waals surface area contributed by atoms with Crippen LogP contribution in [-0.2, 0) is 17.9 Å². The first-order chi connectivity index (χ1) is 15.1. The second kappa shape index (κ2) is 9.22. The van der Waals surface area contributed by atoms with Gasteiger partial charge in [0, 0.05) is 31.5 Å². The van der Waals surface area contributed by atoms with Crippen LogP contribution in [0.2, 0.25) is 0 Å². The summed E-state index contributed by atoms with van der Waals surface area (Å²) < 4.78 is 18.4. The van der Waals surface area contributed by atoms with Gasteiger partial charge in [-0.15, -0.1) is 0 Å². The van der Waals surface area contributed by atoms with Crippen LogP contribution in [0.4, 0.5) is 5.82 Å². The van der Waals surface area contributed by atoms with E-state index < -0.39 is 0 Å². The number of ether oxygens (including phenoxy) is 3. The van der Waals surface area contributed by atoms with E-state index >= 15 is 0 Å². The Labute approximate surface area is 180 Å². The number of aryl methyl sites for hydroxylation is 2. The molecule has 2 aromatic heterocycles. The van der Waals surface area contributed by atoms with Crippen LogP contribution in [0, 0.1) is 6.92 Å². The number of imidazole rings is 1. The number of aromatic nitrogens is 3. The summed E-state index contributed by atoms with van der Waals surface area (Å²) in [5.74, 6) is 2.40. The van der Waals surface area contributed by atoms with Gasteiger partial charge in [0.1, 0.15) is 17.9 Å². The second-order valence-corrected chi connectivity index (χ2v) is 7.37. The van der Waals surface area contributed by atoms with Crippen molar-refractivity contribution in [3.8, 4) is 11.5 Å². The van der Waals surface area contributed by atoms with Crippen molar-refractivity contribution in [2.45, 2.75) is 39.8 Å². The van der Waals surface area contributed by atoms with E-state index in [1.807, 2.05) is 13.8 Å². The smallest absolute Gasteiger partial charge is 0.251 e. The first-order valence-electron chi connectivity index (χ1n) is 10.4. The van der Waals surface area contributed by atoms with Gasteiger partial charge in [0.15, 0.2) is 17.3 Å². The van der Waals surface area contributed by atoms with E-state index in [0.717, 1.165) is 36.3 Å². The molecule has 0 aliphatic carbocycles. The van der Waals surface area contributed by atoms with Gasteiger partial charge in [-0.1, -0.05) is 0 Å². The first kappa shape index (κ1) is 20.9. The van der Waals surface area contributed by atoms with E-state index in [2.05, 4.69) is 19.9 Å². The first-order valence-corrected chi connectivity index (χ1v) is 10.4. The summed E-state index contributed by atoms with van der Waals surface area (Å²) >= 11 is 0. The maximum atomic E-state index is 12.4. The van der Waals surface area contributed by atoms with Crippen LogP contribution in [0.25, 0.3) is 11.0 Å². The molecule has 164 valence electrons. The van der Waals surface area contributed by atoms with Gasteiger partial charge in [0.2, 0.25) is 6.79 Å². The quantitative estimate of drug-likeness (QED) is 0.507.